The molecule has 0 fully saturated rings. The summed E-state index contributed by atoms with van der Waals surface area (Å²) < 4.78 is 10.6. The van der Waals surface area contributed by atoms with Crippen LogP contribution in [-0.4, -0.2) is 45.1 Å². The standard InChI is InChI=1S/C84H50B4N4/c1-4-22-53(23-5-1)85-65-36-17-32-61-57-29-10-13-40-72(57)90(79(61)65)82-69(85)47-48-75-77(82)88(55-26-8-3-9-27-55)68-39-20-35-64-60-44-43-52(50-76(60)89(75)78(64)68)51-21-16-28-56(49-51)87-67-38-19-34-63-59-31-12-15-42-74(59)92(81(63)67)84-71(87)46-45-70-83(84)91-73-41-14-11-30-58(73)62-33-18-37-66(80(62)91)86(70)54-24-6-2-7-25-54/h1-50H. The second kappa shape index (κ2) is 18.1. The summed E-state index contributed by atoms with van der Waals surface area (Å²) in [6, 6.07) is 116. The minimum absolute atomic E-state index is 0.0320. The molecule has 0 atom stereocenters. The van der Waals surface area contributed by atoms with Gasteiger partial charge in [0.05, 0.1) is 33.4 Å². The van der Waals surface area contributed by atoms with Gasteiger partial charge in [-0.3, -0.25) is 0 Å². The van der Waals surface area contributed by atoms with Crippen LogP contribution in [0.25, 0.3) is 121 Å². The SMILES string of the molecule is c1ccc(B2c3c(ccc4c3-n3c5ccccc5c5cccc(c53)B4c3ccccc3)-n3c4cc(-c5cccc(B6c7ccc8c(c7-n7c9ccccc9c9cccc6c97)-n6c7ccccc7c7cccc(c76)B8c6ccccc6)c5)ccc4c4cccc2c43)cc1. The van der Waals surface area contributed by atoms with Crippen molar-refractivity contribution in [2.45, 2.75) is 0 Å². The predicted molar refractivity (Wildman–Crippen MR) is 394 cm³/mol. The lowest BCUT2D eigenvalue weighted by molar-refractivity contribution is 1.11. The number of hydrogen-bond donors (Lipinski definition) is 0. The van der Waals surface area contributed by atoms with Crippen LogP contribution in [0, 0.1) is 0 Å². The van der Waals surface area contributed by atoms with Gasteiger partial charge in [0.25, 0.3) is 0 Å². The highest BCUT2D eigenvalue weighted by molar-refractivity contribution is 7.02. The summed E-state index contributed by atoms with van der Waals surface area (Å²) in [4.78, 5) is 0. The zero-order valence-electron chi connectivity index (χ0n) is 50.0. The minimum atomic E-state index is -0.0715. The van der Waals surface area contributed by atoms with E-state index in [-0.39, 0.29) is 26.9 Å². The van der Waals surface area contributed by atoms with Gasteiger partial charge in [-0.2, -0.15) is 0 Å². The van der Waals surface area contributed by atoms with Crippen molar-refractivity contribution in [3.63, 3.8) is 0 Å². The molecule has 0 bridgehead atoms. The van der Waals surface area contributed by atoms with Gasteiger partial charge >= 0.3 is 0 Å². The molecule has 0 saturated carbocycles. The molecular weight excluding hydrogens is 1110 g/mol. The fourth-order valence-corrected chi connectivity index (χ4v) is 18.3. The maximum atomic E-state index is 2.65. The normalized spacial score (nSPS) is 13.3. The Kier molecular flexibility index (Phi) is 9.74. The lowest BCUT2D eigenvalue weighted by Gasteiger charge is -2.35. The Labute approximate surface area is 531 Å². The van der Waals surface area contributed by atoms with Crippen LogP contribution in [0.1, 0.15) is 0 Å². The van der Waals surface area contributed by atoms with Gasteiger partial charge in [-0.1, -0.05) is 295 Å². The molecule has 22 rings (SSSR count). The second-order valence-corrected chi connectivity index (χ2v) is 26.1. The van der Waals surface area contributed by atoms with Crippen molar-refractivity contribution in [3.8, 4) is 33.9 Å². The third-order valence-electron chi connectivity index (χ3n) is 21.8. The molecule has 0 amide bonds. The number of rotatable bonds is 5. The molecule has 14 aromatic carbocycles. The van der Waals surface area contributed by atoms with Crippen LogP contribution >= 0.6 is 0 Å². The highest BCUT2D eigenvalue weighted by atomic mass is 15.1. The zero-order valence-corrected chi connectivity index (χ0v) is 50.0. The fraction of sp³-hybridized carbons (Fsp3) is 0. The van der Waals surface area contributed by atoms with E-state index in [2.05, 4.69) is 322 Å². The zero-order chi connectivity index (χ0) is 59.6. The molecule has 4 nitrogen and oxygen atoms in total. The van der Waals surface area contributed by atoms with Crippen molar-refractivity contribution >= 4 is 180 Å². The second-order valence-electron chi connectivity index (χ2n) is 26.1. The summed E-state index contributed by atoms with van der Waals surface area (Å²) in [6.45, 7) is -0.0399. The summed E-state index contributed by atoms with van der Waals surface area (Å²) in [5.74, 6) is 0. The molecule has 4 aromatic heterocycles. The van der Waals surface area contributed by atoms with Crippen LogP contribution in [0.15, 0.2) is 303 Å². The van der Waals surface area contributed by atoms with Crippen LogP contribution in [0.2, 0.25) is 0 Å². The van der Waals surface area contributed by atoms with E-state index in [1.807, 2.05) is 0 Å². The van der Waals surface area contributed by atoms with Crippen molar-refractivity contribution in [3.05, 3.63) is 303 Å². The van der Waals surface area contributed by atoms with Crippen molar-refractivity contribution in [1.82, 2.24) is 18.3 Å². The van der Waals surface area contributed by atoms with Crippen LogP contribution in [0.5, 0.6) is 0 Å². The summed E-state index contributed by atoms with van der Waals surface area (Å²) in [6.07, 6.45) is 0. The Morgan fingerprint density at radius 3 is 1.04 bits per heavy atom. The monoisotopic (exact) mass is 1160 g/mol. The van der Waals surface area contributed by atoms with Gasteiger partial charge in [0.15, 0.2) is 0 Å². The molecule has 0 aliphatic carbocycles. The van der Waals surface area contributed by atoms with Crippen LogP contribution in [0.4, 0.5) is 0 Å². The molecule has 418 valence electrons. The first-order valence-electron chi connectivity index (χ1n) is 32.5. The Morgan fingerprint density at radius 2 is 0.543 bits per heavy atom. The summed E-state index contributed by atoms with van der Waals surface area (Å²) in [5, 5.41) is 10.2. The van der Waals surface area contributed by atoms with Crippen LogP contribution < -0.4 is 65.6 Å². The first-order chi connectivity index (χ1) is 45.7. The van der Waals surface area contributed by atoms with E-state index in [9.17, 15) is 0 Å². The topological polar surface area (TPSA) is 19.7 Å². The van der Waals surface area contributed by atoms with Gasteiger partial charge in [-0.15, -0.1) is 0 Å². The first kappa shape index (κ1) is 49.4. The summed E-state index contributed by atoms with van der Waals surface area (Å²) >= 11 is 0. The number of benzene rings is 14. The van der Waals surface area contributed by atoms with Gasteiger partial charge in [0.2, 0.25) is 26.9 Å². The van der Waals surface area contributed by atoms with E-state index in [0.717, 1.165) is 0 Å². The number of aromatic nitrogens is 4. The maximum Gasteiger partial charge on any atom is 0.249 e. The molecule has 0 unspecified atom stereocenters. The van der Waals surface area contributed by atoms with E-state index in [1.165, 1.54) is 187 Å². The summed E-state index contributed by atoms with van der Waals surface area (Å²) in [5.41, 5.74) is 33.3. The Balaban J connectivity index is 0.789. The van der Waals surface area contributed by atoms with Crippen LogP contribution in [-0.2, 0) is 0 Å². The molecular formula is C84H50B4N4. The smallest absolute Gasteiger partial charge is 0.249 e. The third-order valence-corrected chi connectivity index (χ3v) is 21.8. The molecule has 92 heavy (non-hydrogen) atoms. The first-order valence-corrected chi connectivity index (χ1v) is 32.5. The van der Waals surface area contributed by atoms with E-state index in [4.69, 9.17) is 0 Å². The molecule has 0 spiro atoms. The lowest BCUT2D eigenvalue weighted by Crippen LogP contribution is -2.62. The number of para-hydroxylation sites is 7. The summed E-state index contributed by atoms with van der Waals surface area (Å²) in [7, 11) is 0. The molecule has 4 aliphatic rings. The highest BCUT2D eigenvalue weighted by Gasteiger charge is 2.44. The highest BCUT2D eigenvalue weighted by Crippen LogP contribution is 2.42. The molecule has 0 radical (unpaired) electrons. The molecule has 0 N–H and O–H groups in total. The number of fused-ring (bicyclic) bond motifs is 22. The number of hydrogen-bond acceptors (Lipinski definition) is 0. The molecule has 4 aliphatic heterocycles. The third kappa shape index (κ3) is 6.27. The van der Waals surface area contributed by atoms with E-state index in [0.29, 0.717) is 0 Å². The largest absolute Gasteiger partial charge is 0.311 e. The van der Waals surface area contributed by atoms with Crippen molar-refractivity contribution < 1.29 is 0 Å². The van der Waals surface area contributed by atoms with Crippen molar-refractivity contribution in [2.75, 3.05) is 0 Å². The van der Waals surface area contributed by atoms with Crippen molar-refractivity contribution in [2.24, 2.45) is 0 Å². The van der Waals surface area contributed by atoms with E-state index in [1.54, 1.807) is 0 Å². The number of nitrogens with zero attached hydrogens (tertiary/aromatic N) is 4. The lowest BCUT2D eigenvalue weighted by atomic mass is 9.31. The average molecular weight is 1160 g/mol. The minimum Gasteiger partial charge on any atom is -0.311 e. The Hall–Kier alpha value is -11.5. The molecule has 8 heterocycles. The quantitative estimate of drug-likeness (QED) is 0.153. The van der Waals surface area contributed by atoms with Gasteiger partial charge < -0.3 is 18.3 Å². The van der Waals surface area contributed by atoms with E-state index >= 15 is 0 Å². The molecule has 18 aromatic rings. The van der Waals surface area contributed by atoms with Gasteiger partial charge in [0, 0.05) is 76.5 Å². The van der Waals surface area contributed by atoms with Gasteiger partial charge in [-0.25, -0.2) is 0 Å². The Bertz CT molecular complexity index is 6290. The van der Waals surface area contributed by atoms with E-state index < -0.39 is 0 Å². The predicted octanol–water partition coefficient (Wildman–Crippen LogP) is 11.1. The fourth-order valence-electron chi connectivity index (χ4n) is 18.3. The Morgan fingerprint density at radius 1 is 0.196 bits per heavy atom. The maximum absolute atomic E-state index is 2.65. The van der Waals surface area contributed by atoms with Gasteiger partial charge in [-0.05, 0) is 85.2 Å². The average Bonchev–Trinajstić information content (AvgIpc) is 1.43. The van der Waals surface area contributed by atoms with Gasteiger partial charge in [0.1, 0.15) is 0 Å². The molecule has 0 saturated heterocycles. The molecule has 8 heteroatoms. The van der Waals surface area contributed by atoms with Crippen LogP contribution in [0.3, 0.4) is 0 Å². The van der Waals surface area contributed by atoms with Crippen molar-refractivity contribution in [1.29, 1.82) is 0 Å².